The van der Waals surface area contributed by atoms with E-state index in [1.54, 1.807) is 6.92 Å². The summed E-state index contributed by atoms with van der Waals surface area (Å²) in [5.74, 6) is -0.760. The van der Waals surface area contributed by atoms with Crippen molar-refractivity contribution in [3.63, 3.8) is 0 Å². The third-order valence-corrected chi connectivity index (χ3v) is 4.28. The van der Waals surface area contributed by atoms with E-state index in [1.165, 1.54) is 13.8 Å². The first-order valence-corrected chi connectivity index (χ1v) is 7.02. The molecule has 0 saturated heterocycles. The highest BCUT2D eigenvalue weighted by atomic mass is 32.2. The number of nitrogens with one attached hydrogen (secondary N) is 1. The molecule has 0 rings (SSSR count). The van der Waals surface area contributed by atoms with Gasteiger partial charge in [0.2, 0.25) is 10.0 Å². The molecule has 0 fully saturated rings. The van der Waals surface area contributed by atoms with Crippen molar-refractivity contribution in [3.05, 3.63) is 0 Å². The van der Waals surface area contributed by atoms with Gasteiger partial charge in [-0.1, -0.05) is 0 Å². The molecule has 0 spiro atoms. The average molecular weight is 267 g/mol. The molecule has 6 nitrogen and oxygen atoms in total. The molecule has 0 aromatic rings. The maximum absolute atomic E-state index is 11.9. The Balaban J connectivity index is 4.51. The molecule has 0 saturated carbocycles. The molecule has 0 radical (unpaired) electrons. The molecule has 102 valence electrons. The van der Waals surface area contributed by atoms with Crippen molar-refractivity contribution in [2.75, 3.05) is 26.4 Å². The predicted molar refractivity (Wildman–Crippen MR) is 64.1 cm³/mol. The summed E-state index contributed by atoms with van der Waals surface area (Å²) in [6, 6.07) is 0. The molecule has 0 atom stereocenters. The minimum absolute atomic E-state index is 0.138. The zero-order valence-corrected chi connectivity index (χ0v) is 11.6. The Hall–Kier alpha value is -0.660. The summed E-state index contributed by atoms with van der Waals surface area (Å²) in [4.78, 5) is 11.5. The zero-order valence-electron chi connectivity index (χ0n) is 10.8. The van der Waals surface area contributed by atoms with Gasteiger partial charge in [0.25, 0.3) is 0 Å². The smallest absolute Gasteiger partial charge is 0.328 e. The summed E-state index contributed by atoms with van der Waals surface area (Å²) in [7, 11) is -3.77. The van der Waals surface area contributed by atoms with E-state index in [0.29, 0.717) is 6.61 Å². The highest BCUT2D eigenvalue weighted by molar-refractivity contribution is 7.91. The van der Waals surface area contributed by atoms with E-state index < -0.39 is 20.7 Å². The van der Waals surface area contributed by atoms with E-state index in [-0.39, 0.29) is 19.8 Å². The van der Waals surface area contributed by atoms with Gasteiger partial charge in [0.15, 0.2) is 4.75 Å². The number of hydrogen-bond donors (Lipinski definition) is 1. The van der Waals surface area contributed by atoms with E-state index in [9.17, 15) is 13.2 Å². The molecule has 0 heterocycles. The van der Waals surface area contributed by atoms with Gasteiger partial charge in [0.1, 0.15) is 0 Å². The van der Waals surface area contributed by atoms with E-state index in [1.807, 2.05) is 6.92 Å². The SMILES string of the molecule is CCOCCNS(=O)(=O)C(C)(C)C(=O)OCC. The maximum atomic E-state index is 11.9. The summed E-state index contributed by atoms with van der Waals surface area (Å²) in [5, 5.41) is 0. The number of hydrogen-bond acceptors (Lipinski definition) is 5. The fourth-order valence-electron chi connectivity index (χ4n) is 0.988. The molecule has 0 amide bonds. The van der Waals surface area contributed by atoms with Crippen LogP contribution in [0.1, 0.15) is 27.7 Å². The lowest BCUT2D eigenvalue weighted by Gasteiger charge is -2.22. The number of carbonyl (C=O) groups excluding carboxylic acids is 1. The second kappa shape index (κ2) is 6.93. The zero-order chi connectivity index (χ0) is 13.5. The minimum atomic E-state index is -3.77. The molecular weight excluding hydrogens is 246 g/mol. The largest absolute Gasteiger partial charge is 0.465 e. The monoisotopic (exact) mass is 267 g/mol. The topological polar surface area (TPSA) is 81.7 Å². The van der Waals surface area contributed by atoms with Crippen LogP contribution in [0.2, 0.25) is 0 Å². The molecule has 0 unspecified atom stereocenters. The Kier molecular flexibility index (Phi) is 6.66. The van der Waals surface area contributed by atoms with Crippen LogP contribution in [0.3, 0.4) is 0 Å². The molecule has 0 aromatic carbocycles. The molecule has 1 N–H and O–H groups in total. The van der Waals surface area contributed by atoms with Crippen LogP contribution in [0, 0.1) is 0 Å². The quantitative estimate of drug-likeness (QED) is 0.505. The standard InChI is InChI=1S/C10H21NO5S/c1-5-15-8-7-11-17(13,14)10(3,4)9(12)16-6-2/h11H,5-8H2,1-4H3. The van der Waals surface area contributed by atoms with Gasteiger partial charge in [0.05, 0.1) is 13.2 Å². The second-order valence-corrected chi connectivity index (χ2v) is 6.14. The van der Waals surface area contributed by atoms with Gasteiger partial charge in [-0.3, -0.25) is 4.79 Å². The molecule has 0 aromatic heterocycles. The Morgan fingerprint density at radius 1 is 1.24 bits per heavy atom. The summed E-state index contributed by atoms with van der Waals surface area (Å²) < 4.78 is 34.2. The minimum Gasteiger partial charge on any atom is -0.465 e. The molecule has 0 aliphatic carbocycles. The fraction of sp³-hybridized carbons (Fsp3) is 0.900. The van der Waals surface area contributed by atoms with Gasteiger partial charge in [-0.2, -0.15) is 0 Å². The van der Waals surface area contributed by atoms with Crippen molar-refractivity contribution in [1.29, 1.82) is 0 Å². The van der Waals surface area contributed by atoms with Crippen LogP contribution in [0.4, 0.5) is 0 Å². The van der Waals surface area contributed by atoms with E-state index in [2.05, 4.69) is 4.72 Å². The number of rotatable bonds is 8. The summed E-state index contributed by atoms with van der Waals surface area (Å²) in [6.45, 7) is 7.15. The Bertz CT molecular complexity index is 337. The van der Waals surface area contributed by atoms with Gasteiger partial charge < -0.3 is 9.47 Å². The van der Waals surface area contributed by atoms with Crippen molar-refractivity contribution in [2.24, 2.45) is 0 Å². The highest BCUT2D eigenvalue weighted by Gasteiger charge is 2.42. The van der Waals surface area contributed by atoms with E-state index in [4.69, 9.17) is 9.47 Å². The normalized spacial score (nSPS) is 12.5. The van der Waals surface area contributed by atoms with Crippen molar-refractivity contribution in [2.45, 2.75) is 32.4 Å². The van der Waals surface area contributed by atoms with Crippen molar-refractivity contribution in [3.8, 4) is 0 Å². The highest BCUT2D eigenvalue weighted by Crippen LogP contribution is 2.16. The lowest BCUT2D eigenvalue weighted by molar-refractivity contribution is -0.145. The third-order valence-electron chi connectivity index (χ3n) is 2.18. The molecule has 0 bridgehead atoms. The summed E-state index contributed by atoms with van der Waals surface area (Å²) >= 11 is 0. The Morgan fingerprint density at radius 3 is 2.29 bits per heavy atom. The van der Waals surface area contributed by atoms with Crippen LogP contribution in [0.5, 0.6) is 0 Å². The van der Waals surface area contributed by atoms with E-state index in [0.717, 1.165) is 0 Å². The Labute approximate surface area is 103 Å². The van der Waals surface area contributed by atoms with Crippen LogP contribution in [0.15, 0.2) is 0 Å². The lowest BCUT2D eigenvalue weighted by Crippen LogP contribution is -2.49. The molecule has 17 heavy (non-hydrogen) atoms. The molecule has 0 aliphatic heterocycles. The van der Waals surface area contributed by atoms with E-state index >= 15 is 0 Å². The summed E-state index contributed by atoms with van der Waals surface area (Å²) in [5.41, 5.74) is 0. The van der Waals surface area contributed by atoms with Crippen LogP contribution >= 0.6 is 0 Å². The number of esters is 1. The fourth-order valence-corrected chi connectivity index (χ4v) is 1.98. The Morgan fingerprint density at radius 2 is 1.82 bits per heavy atom. The lowest BCUT2D eigenvalue weighted by atomic mass is 10.2. The van der Waals surface area contributed by atoms with Gasteiger partial charge in [-0.15, -0.1) is 0 Å². The number of carbonyl (C=O) groups is 1. The number of sulfonamides is 1. The second-order valence-electron chi connectivity index (χ2n) is 3.83. The molecular formula is C10H21NO5S. The number of ether oxygens (including phenoxy) is 2. The van der Waals surface area contributed by atoms with Gasteiger partial charge in [-0.25, -0.2) is 13.1 Å². The summed E-state index contributed by atoms with van der Waals surface area (Å²) in [6.07, 6.45) is 0. The van der Waals surface area contributed by atoms with Crippen molar-refractivity contribution < 1.29 is 22.7 Å². The first-order valence-electron chi connectivity index (χ1n) is 5.53. The first kappa shape index (κ1) is 16.3. The molecule has 7 heteroatoms. The average Bonchev–Trinajstić information content (AvgIpc) is 2.24. The van der Waals surface area contributed by atoms with Crippen LogP contribution in [0.25, 0.3) is 0 Å². The predicted octanol–water partition coefficient (Wildman–Crippen LogP) is 0.284. The van der Waals surface area contributed by atoms with Gasteiger partial charge >= 0.3 is 5.97 Å². The molecule has 0 aliphatic rings. The van der Waals surface area contributed by atoms with Crippen LogP contribution in [-0.4, -0.2) is 45.5 Å². The maximum Gasteiger partial charge on any atom is 0.328 e. The van der Waals surface area contributed by atoms with Crippen LogP contribution < -0.4 is 4.72 Å². The van der Waals surface area contributed by atoms with Crippen molar-refractivity contribution in [1.82, 2.24) is 4.72 Å². The first-order chi connectivity index (χ1) is 7.79. The van der Waals surface area contributed by atoms with Gasteiger partial charge in [0, 0.05) is 13.2 Å². The van der Waals surface area contributed by atoms with Crippen molar-refractivity contribution >= 4 is 16.0 Å². The van der Waals surface area contributed by atoms with Gasteiger partial charge in [-0.05, 0) is 27.7 Å². The third kappa shape index (κ3) is 4.61. The van der Waals surface area contributed by atoms with Crippen LogP contribution in [-0.2, 0) is 24.3 Å².